The van der Waals surface area contributed by atoms with Crippen molar-refractivity contribution in [3.63, 3.8) is 0 Å². The molecule has 5 rings (SSSR count). The standard InChI is InChI=1S/C32H39N5O4/c1-32(2,3)41-31(40)33-28(27(22-13-6-4-7-14-22)23-15-8-5-9-16-23)30(39)36-20-12-19-26(36)29(38)35-37-21-24-17-10-11-18-25(24)34-37/h4-9,13-16,21,26-28H,10-12,17-20H2,1-3H3,(H,33,40)(H,35,38)/t26-,28-/m0/s1. The minimum atomic E-state index is -1.000. The second-order valence-corrected chi connectivity index (χ2v) is 11.8. The lowest BCUT2D eigenvalue weighted by atomic mass is 9.84. The van der Waals surface area contributed by atoms with Crippen molar-refractivity contribution in [1.82, 2.24) is 20.1 Å². The van der Waals surface area contributed by atoms with Crippen LogP contribution in [0.3, 0.4) is 0 Å². The third kappa shape index (κ3) is 6.78. The molecule has 2 heterocycles. The first-order valence-electron chi connectivity index (χ1n) is 14.5. The monoisotopic (exact) mass is 557 g/mol. The third-order valence-electron chi connectivity index (χ3n) is 7.64. The molecule has 0 saturated carbocycles. The smallest absolute Gasteiger partial charge is 0.408 e. The molecule has 2 N–H and O–H groups in total. The summed E-state index contributed by atoms with van der Waals surface area (Å²) < 4.78 is 5.58. The number of rotatable bonds is 7. The molecule has 3 amide bonds. The van der Waals surface area contributed by atoms with Crippen molar-refractivity contribution >= 4 is 17.9 Å². The molecule has 1 saturated heterocycles. The van der Waals surface area contributed by atoms with E-state index in [9.17, 15) is 14.4 Å². The summed E-state index contributed by atoms with van der Waals surface area (Å²) in [4.78, 5) is 44.1. The van der Waals surface area contributed by atoms with Gasteiger partial charge in [-0.05, 0) is 76.0 Å². The highest BCUT2D eigenvalue weighted by Crippen LogP contribution is 2.31. The number of benzene rings is 2. The number of hydrogen-bond donors (Lipinski definition) is 2. The second kappa shape index (κ2) is 12.2. The van der Waals surface area contributed by atoms with Crippen molar-refractivity contribution < 1.29 is 19.1 Å². The average molecular weight is 558 g/mol. The minimum absolute atomic E-state index is 0.289. The van der Waals surface area contributed by atoms with E-state index in [-0.39, 0.29) is 11.8 Å². The number of nitrogens with zero attached hydrogens (tertiary/aromatic N) is 3. The largest absolute Gasteiger partial charge is 0.444 e. The number of alkyl carbamates (subject to hydrolysis) is 1. The molecule has 1 aliphatic heterocycles. The van der Waals surface area contributed by atoms with Gasteiger partial charge in [0.1, 0.15) is 17.7 Å². The van der Waals surface area contributed by atoms with Crippen LogP contribution in [0.2, 0.25) is 0 Å². The van der Waals surface area contributed by atoms with E-state index in [4.69, 9.17) is 4.74 Å². The Labute approximate surface area is 241 Å². The second-order valence-electron chi connectivity index (χ2n) is 11.8. The van der Waals surface area contributed by atoms with E-state index >= 15 is 0 Å². The molecule has 0 spiro atoms. The number of amides is 3. The van der Waals surface area contributed by atoms with Crippen molar-refractivity contribution in [1.29, 1.82) is 0 Å². The molecule has 1 fully saturated rings. The van der Waals surface area contributed by atoms with Gasteiger partial charge in [-0.2, -0.15) is 9.89 Å². The van der Waals surface area contributed by atoms with Gasteiger partial charge in [-0.15, -0.1) is 0 Å². The fraction of sp³-hybridized carbons (Fsp3) is 0.438. The van der Waals surface area contributed by atoms with Crippen LogP contribution in [0.15, 0.2) is 66.9 Å². The predicted molar refractivity (Wildman–Crippen MR) is 156 cm³/mol. The van der Waals surface area contributed by atoms with Gasteiger partial charge in [-0.25, -0.2) is 10.2 Å². The number of aromatic nitrogens is 2. The van der Waals surface area contributed by atoms with Crippen LogP contribution in [0.5, 0.6) is 0 Å². The molecule has 9 heteroatoms. The van der Waals surface area contributed by atoms with Crippen molar-refractivity contribution in [2.75, 3.05) is 12.0 Å². The first-order chi connectivity index (χ1) is 19.7. The van der Waals surface area contributed by atoms with E-state index in [1.807, 2.05) is 66.9 Å². The van der Waals surface area contributed by atoms with Gasteiger partial charge in [-0.1, -0.05) is 60.7 Å². The summed E-state index contributed by atoms with van der Waals surface area (Å²) in [6.45, 7) is 5.76. The van der Waals surface area contributed by atoms with Crippen LogP contribution in [-0.4, -0.2) is 56.9 Å². The molecule has 0 radical (unpaired) electrons. The van der Waals surface area contributed by atoms with Gasteiger partial charge in [0, 0.05) is 12.5 Å². The first kappa shape index (κ1) is 28.4. The molecule has 41 heavy (non-hydrogen) atoms. The van der Waals surface area contributed by atoms with Crippen LogP contribution in [0.1, 0.15) is 74.8 Å². The SMILES string of the molecule is CC(C)(C)OC(=O)N[C@H](C(=O)N1CCC[C@H]1C(=O)Nn1cc2c(n1)CCCC2)C(c1ccccc1)c1ccccc1. The molecular weight excluding hydrogens is 518 g/mol. The van der Waals surface area contributed by atoms with Gasteiger partial charge in [0.15, 0.2) is 0 Å². The van der Waals surface area contributed by atoms with Gasteiger partial charge in [-0.3, -0.25) is 9.59 Å². The summed E-state index contributed by atoms with van der Waals surface area (Å²) >= 11 is 0. The summed E-state index contributed by atoms with van der Waals surface area (Å²) in [6.07, 6.45) is 6.48. The number of carbonyl (C=O) groups excluding carboxylic acids is 3. The number of nitrogens with one attached hydrogen (secondary N) is 2. The lowest BCUT2D eigenvalue weighted by molar-refractivity contribution is -0.139. The fourth-order valence-electron chi connectivity index (χ4n) is 5.82. The summed E-state index contributed by atoms with van der Waals surface area (Å²) in [7, 11) is 0. The Kier molecular flexibility index (Phi) is 8.42. The van der Waals surface area contributed by atoms with Crippen molar-refractivity contribution in [3.8, 4) is 0 Å². The van der Waals surface area contributed by atoms with Gasteiger partial charge in [0.25, 0.3) is 5.91 Å². The zero-order valence-corrected chi connectivity index (χ0v) is 24.0. The molecule has 2 aliphatic rings. The normalized spacial score (nSPS) is 17.6. The van der Waals surface area contributed by atoms with Crippen LogP contribution in [0, 0.1) is 0 Å². The molecule has 9 nitrogen and oxygen atoms in total. The quantitative estimate of drug-likeness (QED) is 0.444. The Morgan fingerprint density at radius 3 is 2.17 bits per heavy atom. The number of aryl methyl sites for hydroxylation is 2. The zero-order chi connectivity index (χ0) is 29.0. The molecule has 2 aromatic carbocycles. The maximum atomic E-state index is 14.4. The number of hydrogen-bond acceptors (Lipinski definition) is 5. The minimum Gasteiger partial charge on any atom is -0.444 e. The molecule has 1 aliphatic carbocycles. The van der Waals surface area contributed by atoms with E-state index in [0.717, 1.165) is 48.1 Å². The Hall–Kier alpha value is -4.14. The van der Waals surface area contributed by atoms with Crippen LogP contribution in [-0.2, 0) is 27.2 Å². The summed E-state index contributed by atoms with van der Waals surface area (Å²) in [6, 6.07) is 17.6. The van der Waals surface area contributed by atoms with E-state index in [1.54, 1.807) is 25.7 Å². The Bertz CT molecular complexity index is 1300. The van der Waals surface area contributed by atoms with Gasteiger partial charge >= 0.3 is 6.09 Å². The maximum Gasteiger partial charge on any atom is 0.408 e. The van der Waals surface area contributed by atoms with Crippen LogP contribution < -0.4 is 10.7 Å². The van der Waals surface area contributed by atoms with E-state index in [2.05, 4.69) is 15.8 Å². The number of ether oxygens (including phenoxy) is 1. The number of fused-ring (bicyclic) bond motifs is 1. The predicted octanol–water partition coefficient (Wildman–Crippen LogP) is 4.55. The first-order valence-corrected chi connectivity index (χ1v) is 14.5. The maximum absolute atomic E-state index is 14.4. The lowest BCUT2D eigenvalue weighted by Gasteiger charge is -2.34. The van der Waals surface area contributed by atoms with Gasteiger partial charge < -0.3 is 15.0 Å². The van der Waals surface area contributed by atoms with Crippen molar-refractivity contribution in [2.24, 2.45) is 0 Å². The van der Waals surface area contributed by atoms with Crippen LogP contribution in [0.25, 0.3) is 0 Å². The molecule has 2 atom stereocenters. The highest BCUT2D eigenvalue weighted by Gasteiger charge is 2.42. The highest BCUT2D eigenvalue weighted by atomic mass is 16.6. The lowest BCUT2D eigenvalue weighted by Crippen LogP contribution is -2.55. The Balaban J connectivity index is 1.44. The van der Waals surface area contributed by atoms with Crippen molar-refractivity contribution in [3.05, 3.63) is 89.2 Å². The molecule has 1 aromatic heterocycles. The summed E-state index contributed by atoms with van der Waals surface area (Å²) in [5, 5.41) is 7.44. The van der Waals surface area contributed by atoms with Gasteiger partial charge in [0.2, 0.25) is 5.91 Å². The molecule has 216 valence electrons. The number of likely N-dealkylation sites (tertiary alicyclic amines) is 1. The molecular formula is C32H39N5O4. The van der Waals surface area contributed by atoms with E-state index in [0.29, 0.717) is 19.4 Å². The fourth-order valence-corrected chi connectivity index (χ4v) is 5.82. The highest BCUT2D eigenvalue weighted by molar-refractivity contribution is 5.95. The van der Waals surface area contributed by atoms with E-state index in [1.165, 1.54) is 4.79 Å². The summed E-state index contributed by atoms with van der Waals surface area (Å²) in [5.41, 5.74) is 6.07. The topological polar surface area (TPSA) is 106 Å². The van der Waals surface area contributed by atoms with Crippen LogP contribution >= 0.6 is 0 Å². The Morgan fingerprint density at radius 2 is 1.56 bits per heavy atom. The zero-order valence-electron chi connectivity index (χ0n) is 24.0. The third-order valence-corrected chi connectivity index (χ3v) is 7.64. The summed E-state index contributed by atoms with van der Waals surface area (Å²) in [5.74, 6) is -1.12. The average Bonchev–Trinajstić information content (AvgIpc) is 3.60. The molecule has 0 unspecified atom stereocenters. The Morgan fingerprint density at radius 1 is 0.927 bits per heavy atom. The van der Waals surface area contributed by atoms with Gasteiger partial charge in [0.05, 0.1) is 11.9 Å². The molecule has 0 bridgehead atoms. The number of carbonyl (C=O) groups is 3. The van der Waals surface area contributed by atoms with Crippen molar-refractivity contribution in [2.45, 2.75) is 82.9 Å². The molecule has 3 aromatic rings. The van der Waals surface area contributed by atoms with E-state index < -0.39 is 29.7 Å². The van der Waals surface area contributed by atoms with Crippen LogP contribution in [0.4, 0.5) is 4.79 Å².